The van der Waals surface area contributed by atoms with Gasteiger partial charge < -0.3 is 15.5 Å². The summed E-state index contributed by atoms with van der Waals surface area (Å²) in [5.74, 6) is 0.437. The summed E-state index contributed by atoms with van der Waals surface area (Å²) in [6, 6.07) is 17.8. The molecule has 2 unspecified atom stereocenters. The molecule has 1 saturated heterocycles. The average molecular weight is 394 g/mol. The molecule has 1 heterocycles. The maximum absolute atomic E-state index is 12.6. The molecular weight excluding hydrogens is 362 g/mol. The van der Waals surface area contributed by atoms with Gasteiger partial charge in [0.1, 0.15) is 0 Å². The standard InChI is InChI=1S/C24H31N3O2/c1-18-8-6-12-22(16-18)26-24(29)27-15-7-9-20(17-27)13-14-23(28)25-19(2)21-10-4-3-5-11-21/h3-6,8,10-12,16,19-20H,7,9,13-15,17H2,1-2H3,(H,25,28)(H,26,29). The molecule has 154 valence electrons. The number of carbonyl (C=O) groups is 2. The van der Waals surface area contributed by atoms with E-state index < -0.39 is 0 Å². The molecule has 3 rings (SSSR count). The molecule has 2 aromatic rings. The van der Waals surface area contributed by atoms with E-state index in [0.717, 1.165) is 42.6 Å². The maximum atomic E-state index is 12.6. The van der Waals surface area contributed by atoms with Crippen LogP contribution in [-0.4, -0.2) is 29.9 Å². The van der Waals surface area contributed by atoms with Crippen molar-refractivity contribution in [2.75, 3.05) is 18.4 Å². The number of nitrogens with one attached hydrogen (secondary N) is 2. The van der Waals surface area contributed by atoms with Crippen molar-refractivity contribution in [1.29, 1.82) is 0 Å². The highest BCUT2D eigenvalue weighted by Crippen LogP contribution is 2.22. The average Bonchev–Trinajstić information content (AvgIpc) is 2.73. The Morgan fingerprint density at radius 2 is 1.93 bits per heavy atom. The fourth-order valence-corrected chi connectivity index (χ4v) is 3.88. The summed E-state index contributed by atoms with van der Waals surface area (Å²) in [6.07, 6.45) is 3.35. The first-order valence-corrected chi connectivity index (χ1v) is 10.5. The van der Waals surface area contributed by atoms with E-state index >= 15 is 0 Å². The van der Waals surface area contributed by atoms with Gasteiger partial charge in [-0.15, -0.1) is 0 Å². The van der Waals surface area contributed by atoms with Gasteiger partial charge in [0.2, 0.25) is 5.91 Å². The Hall–Kier alpha value is -2.82. The zero-order valence-corrected chi connectivity index (χ0v) is 17.4. The van der Waals surface area contributed by atoms with Crippen molar-refractivity contribution in [3.63, 3.8) is 0 Å². The van der Waals surface area contributed by atoms with Crippen molar-refractivity contribution in [3.05, 3.63) is 65.7 Å². The van der Waals surface area contributed by atoms with Crippen LogP contribution in [0.15, 0.2) is 54.6 Å². The number of urea groups is 1. The Morgan fingerprint density at radius 1 is 1.14 bits per heavy atom. The number of anilines is 1. The molecule has 2 N–H and O–H groups in total. The van der Waals surface area contributed by atoms with Crippen LogP contribution in [0.1, 0.15) is 49.8 Å². The van der Waals surface area contributed by atoms with Crippen molar-refractivity contribution < 1.29 is 9.59 Å². The molecule has 2 aromatic carbocycles. The van der Waals surface area contributed by atoms with Crippen LogP contribution in [0.3, 0.4) is 0 Å². The Kier molecular flexibility index (Phi) is 7.28. The third-order valence-corrected chi connectivity index (χ3v) is 5.53. The zero-order valence-electron chi connectivity index (χ0n) is 17.4. The van der Waals surface area contributed by atoms with E-state index in [1.807, 2.05) is 73.3 Å². The number of carbonyl (C=O) groups excluding carboxylic acids is 2. The Morgan fingerprint density at radius 3 is 2.69 bits per heavy atom. The number of piperidine rings is 1. The summed E-state index contributed by atoms with van der Waals surface area (Å²) in [7, 11) is 0. The minimum absolute atomic E-state index is 0.00617. The molecular formula is C24H31N3O2. The second-order valence-electron chi connectivity index (χ2n) is 7.99. The highest BCUT2D eigenvalue weighted by Gasteiger charge is 2.24. The molecule has 2 atom stereocenters. The quantitative estimate of drug-likeness (QED) is 0.733. The van der Waals surface area contributed by atoms with Gasteiger partial charge in [-0.1, -0.05) is 42.5 Å². The Bertz CT molecular complexity index is 822. The van der Waals surface area contributed by atoms with E-state index in [1.54, 1.807) is 0 Å². The predicted octanol–water partition coefficient (Wildman–Crippen LogP) is 4.90. The summed E-state index contributed by atoms with van der Waals surface area (Å²) in [6.45, 7) is 5.49. The molecule has 0 radical (unpaired) electrons. The molecule has 0 spiro atoms. The molecule has 0 aliphatic carbocycles. The van der Waals surface area contributed by atoms with Gasteiger partial charge in [-0.25, -0.2) is 4.79 Å². The monoisotopic (exact) mass is 393 g/mol. The van der Waals surface area contributed by atoms with Gasteiger partial charge in [-0.3, -0.25) is 4.79 Å². The molecule has 1 aliphatic heterocycles. The second-order valence-corrected chi connectivity index (χ2v) is 7.99. The van der Waals surface area contributed by atoms with Gasteiger partial charge >= 0.3 is 6.03 Å². The highest BCUT2D eigenvalue weighted by atomic mass is 16.2. The number of hydrogen-bond acceptors (Lipinski definition) is 2. The van der Waals surface area contributed by atoms with Crippen molar-refractivity contribution in [1.82, 2.24) is 10.2 Å². The van der Waals surface area contributed by atoms with Crippen LogP contribution in [0.5, 0.6) is 0 Å². The number of amides is 3. The van der Waals surface area contributed by atoms with E-state index in [1.165, 1.54) is 0 Å². The lowest BCUT2D eigenvalue weighted by Crippen LogP contribution is -2.42. The molecule has 5 heteroatoms. The summed E-state index contributed by atoms with van der Waals surface area (Å²) in [4.78, 5) is 26.8. The van der Waals surface area contributed by atoms with Gasteiger partial charge in [0.05, 0.1) is 6.04 Å². The highest BCUT2D eigenvalue weighted by molar-refractivity contribution is 5.89. The van der Waals surface area contributed by atoms with Crippen molar-refractivity contribution >= 4 is 17.6 Å². The lowest BCUT2D eigenvalue weighted by atomic mass is 9.93. The van der Waals surface area contributed by atoms with Gasteiger partial charge in [-0.05, 0) is 62.3 Å². The van der Waals surface area contributed by atoms with E-state index in [0.29, 0.717) is 18.9 Å². The number of rotatable bonds is 6. The van der Waals surface area contributed by atoms with Crippen LogP contribution in [0.25, 0.3) is 0 Å². The van der Waals surface area contributed by atoms with Crippen LogP contribution in [-0.2, 0) is 4.79 Å². The van der Waals surface area contributed by atoms with Crippen LogP contribution in [0, 0.1) is 12.8 Å². The minimum Gasteiger partial charge on any atom is -0.350 e. The summed E-state index contributed by atoms with van der Waals surface area (Å²) in [5.41, 5.74) is 3.05. The fourth-order valence-electron chi connectivity index (χ4n) is 3.88. The largest absolute Gasteiger partial charge is 0.350 e. The van der Waals surface area contributed by atoms with E-state index in [4.69, 9.17) is 0 Å². The SMILES string of the molecule is Cc1cccc(NC(=O)N2CCCC(CCC(=O)NC(C)c3ccccc3)C2)c1. The predicted molar refractivity (Wildman–Crippen MR) is 117 cm³/mol. The van der Waals surface area contributed by atoms with Crippen molar-refractivity contribution in [2.45, 2.75) is 45.6 Å². The van der Waals surface area contributed by atoms with E-state index in [2.05, 4.69) is 10.6 Å². The van der Waals surface area contributed by atoms with Crippen LogP contribution in [0.2, 0.25) is 0 Å². The van der Waals surface area contributed by atoms with Gasteiger partial charge in [0, 0.05) is 25.2 Å². The molecule has 3 amide bonds. The number of nitrogens with zero attached hydrogens (tertiary/aromatic N) is 1. The van der Waals surface area contributed by atoms with Gasteiger partial charge in [0.15, 0.2) is 0 Å². The molecule has 1 aliphatic rings. The molecule has 0 aromatic heterocycles. The topological polar surface area (TPSA) is 61.4 Å². The number of benzene rings is 2. The third kappa shape index (κ3) is 6.34. The summed E-state index contributed by atoms with van der Waals surface area (Å²) in [5, 5.41) is 6.07. The number of aryl methyl sites for hydroxylation is 1. The first-order chi connectivity index (χ1) is 14.0. The van der Waals surface area contributed by atoms with Gasteiger partial charge in [0.25, 0.3) is 0 Å². The molecule has 5 nitrogen and oxygen atoms in total. The Labute approximate surface area is 173 Å². The van der Waals surface area contributed by atoms with Crippen molar-refractivity contribution in [3.8, 4) is 0 Å². The first-order valence-electron chi connectivity index (χ1n) is 10.5. The summed E-state index contributed by atoms with van der Waals surface area (Å²) >= 11 is 0. The first kappa shape index (κ1) is 20.9. The summed E-state index contributed by atoms with van der Waals surface area (Å²) < 4.78 is 0. The fraction of sp³-hybridized carbons (Fsp3) is 0.417. The smallest absolute Gasteiger partial charge is 0.321 e. The van der Waals surface area contributed by atoms with E-state index in [9.17, 15) is 9.59 Å². The molecule has 29 heavy (non-hydrogen) atoms. The van der Waals surface area contributed by atoms with Crippen LogP contribution < -0.4 is 10.6 Å². The minimum atomic E-state index is -0.0533. The van der Waals surface area contributed by atoms with E-state index in [-0.39, 0.29) is 18.0 Å². The molecule has 1 fully saturated rings. The molecule has 0 saturated carbocycles. The maximum Gasteiger partial charge on any atom is 0.321 e. The van der Waals surface area contributed by atoms with Crippen LogP contribution in [0.4, 0.5) is 10.5 Å². The lowest BCUT2D eigenvalue weighted by molar-refractivity contribution is -0.122. The normalized spacial score (nSPS) is 17.4. The second kappa shape index (κ2) is 10.1. The number of hydrogen-bond donors (Lipinski definition) is 2. The molecule has 0 bridgehead atoms. The number of likely N-dealkylation sites (tertiary alicyclic amines) is 1. The third-order valence-electron chi connectivity index (χ3n) is 5.53. The van der Waals surface area contributed by atoms with Gasteiger partial charge in [-0.2, -0.15) is 0 Å². The zero-order chi connectivity index (χ0) is 20.6. The Balaban J connectivity index is 1.44. The van der Waals surface area contributed by atoms with Crippen LogP contribution >= 0.6 is 0 Å². The van der Waals surface area contributed by atoms with Crippen molar-refractivity contribution in [2.24, 2.45) is 5.92 Å². The lowest BCUT2D eigenvalue weighted by Gasteiger charge is -2.32.